The summed E-state index contributed by atoms with van der Waals surface area (Å²) in [6.07, 6.45) is 2.25. The molecule has 0 saturated carbocycles. The van der Waals surface area contributed by atoms with Crippen LogP contribution in [0.2, 0.25) is 0 Å². The van der Waals surface area contributed by atoms with E-state index in [4.69, 9.17) is 0 Å². The van der Waals surface area contributed by atoms with E-state index < -0.39 is 0 Å². The minimum atomic E-state index is -0.0909. The second-order valence-electron chi connectivity index (χ2n) is 1.50. The molecule has 9 heavy (non-hydrogen) atoms. The first-order valence-corrected chi connectivity index (χ1v) is 2.71. The van der Waals surface area contributed by atoms with Gasteiger partial charge >= 0.3 is 0 Å². The molecule has 0 heterocycles. The average Bonchev–Trinajstić information content (AvgIpc) is 1.83. The summed E-state index contributed by atoms with van der Waals surface area (Å²) in [7, 11) is 0. The Labute approximate surface area is 55.7 Å². The molecule has 0 aromatic rings. The largest absolute Gasteiger partial charge is 0.353 e. The molecule has 0 rings (SSSR count). The molecule has 0 radical (unpaired) electrons. The highest BCUT2D eigenvalue weighted by Crippen LogP contribution is 1.70. The van der Waals surface area contributed by atoms with Gasteiger partial charge in [-0.1, -0.05) is 13.5 Å². The molecule has 0 aromatic carbocycles. The van der Waals surface area contributed by atoms with E-state index in [-0.39, 0.29) is 12.1 Å². The Bertz CT molecular complexity index is 91.1. The zero-order chi connectivity index (χ0) is 6.41. The maximum absolute atomic E-state index is 10.3. The third-order valence-corrected chi connectivity index (χ3v) is 0.735. The van der Waals surface area contributed by atoms with Crippen LogP contribution in [0.1, 0.15) is 13.3 Å². The SMILES string of the molecule is C=CC(=O)NCCC.N. The highest BCUT2D eigenvalue weighted by molar-refractivity contribution is 5.86. The molecule has 0 unspecified atom stereocenters. The first-order chi connectivity index (χ1) is 3.81. The predicted molar refractivity (Wildman–Crippen MR) is 38.5 cm³/mol. The van der Waals surface area contributed by atoms with E-state index in [1.165, 1.54) is 6.08 Å². The van der Waals surface area contributed by atoms with Crippen molar-refractivity contribution in [1.29, 1.82) is 0 Å². The lowest BCUT2D eigenvalue weighted by molar-refractivity contribution is -0.116. The minimum absolute atomic E-state index is 0. The van der Waals surface area contributed by atoms with Gasteiger partial charge in [0.15, 0.2) is 0 Å². The van der Waals surface area contributed by atoms with E-state index in [2.05, 4.69) is 11.9 Å². The molecule has 0 spiro atoms. The van der Waals surface area contributed by atoms with Gasteiger partial charge in [0.1, 0.15) is 0 Å². The van der Waals surface area contributed by atoms with Gasteiger partial charge in [-0.2, -0.15) is 0 Å². The van der Waals surface area contributed by atoms with E-state index in [0.29, 0.717) is 0 Å². The van der Waals surface area contributed by atoms with Crippen LogP contribution in [0.5, 0.6) is 0 Å². The first kappa shape index (κ1) is 11.0. The molecule has 54 valence electrons. The summed E-state index contributed by atoms with van der Waals surface area (Å²) in [6, 6.07) is 0. The second-order valence-corrected chi connectivity index (χ2v) is 1.50. The van der Waals surface area contributed by atoms with E-state index in [1.54, 1.807) is 0 Å². The van der Waals surface area contributed by atoms with E-state index in [1.807, 2.05) is 6.92 Å². The van der Waals surface area contributed by atoms with Gasteiger partial charge in [0.25, 0.3) is 0 Å². The summed E-state index contributed by atoms with van der Waals surface area (Å²) in [5.41, 5.74) is 0. The van der Waals surface area contributed by atoms with Crippen molar-refractivity contribution in [3.05, 3.63) is 12.7 Å². The third kappa shape index (κ3) is 7.17. The Kier molecular flexibility index (Phi) is 8.79. The second kappa shape index (κ2) is 7.17. The monoisotopic (exact) mass is 130 g/mol. The molecule has 0 bridgehead atoms. The Morgan fingerprint density at radius 3 is 2.67 bits per heavy atom. The molecule has 1 amide bonds. The fraction of sp³-hybridized carbons (Fsp3) is 0.500. The number of hydrogen-bond acceptors (Lipinski definition) is 2. The van der Waals surface area contributed by atoms with Gasteiger partial charge in [-0.3, -0.25) is 4.79 Å². The smallest absolute Gasteiger partial charge is 0.243 e. The maximum atomic E-state index is 10.3. The number of carbonyl (C=O) groups is 1. The van der Waals surface area contributed by atoms with Crippen LogP contribution in [0.25, 0.3) is 0 Å². The summed E-state index contributed by atoms with van der Waals surface area (Å²) in [6.45, 7) is 6.05. The van der Waals surface area contributed by atoms with Crippen LogP contribution < -0.4 is 11.5 Å². The number of carbonyl (C=O) groups excluding carboxylic acids is 1. The van der Waals surface area contributed by atoms with Crippen LogP contribution in [0.4, 0.5) is 0 Å². The normalized spacial score (nSPS) is 7.22. The molecule has 0 aliphatic rings. The lowest BCUT2D eigenvalue weighted by Crippen LogP contribution is -2.20. The van der Waals surface area contributed by atoms with E-state index >= 15 is 0 Å². The molecule has 3 heteroatoms. The van der Waals surface area contributed by atoms with Crippen LogP contribution in [0.15, 0.2) is 12.7 Å². The molecule has 0 atom stereocenters. The van der Waals surface area contributed by atoms with Crippen LogP contribution >= 0.6 is 0 Å². The van der Waals surface area contributed by atoms with Crippen LogP contribution in [-0.2, 0) is 4.79 Å². The Morgan fingerprint density at radius 1 is 1.78 bits per heavy atom. The maximum Gasteiger partial charge on any atom is 0.243 e. The average molecular weight is 130 g/mol. The van der Waals surface area contributed by atoms with Crippen molar-refractivity contribution in [2.75, 3.05) is 6.54 Å². The zero-order valence-corrected chi connectivity index (χ0v) is 5.81. The topological polar surface area (TPSA) is 64.1 Å². The van der Waals surface area contributed by atoms with Crippen molar-refractivity contribution >= 4 is 5.91 Å². The van der Waals surface area contributed by atoms with Crippen LogP contribution in [-0.4, -0.2) is 12.5 Å². The number of hydrogen-bond donors (Lipinski definition) is 2. The summed E-state index contributed by atoms with van der Waals surface area (Å²) >= 11 is 0. The van der Waals surface area contributed by atoms with Gasteiger partial charge in [0.05, 0.1) is 0 Å². The lowest BCUT2D eigenvalue weighted by Gasteiger charge is -1.94. The summed E-state index contributed by atoms with van der Waals surface area (Å²) < 4.78 is 0. The lowest BCUT2D eigenvalue weighted by atomic mass is 10.4. The van der Waals surface area contributed by atoms with Crippen LogP contribution in [0.3, 0.4) is 0 Å². The molecule has 0 aromatic heterocycles. The van der Waals surface area contributed by atoms with Crippen LogP contribution in [0, 0.1) is 0 Å². The van der Waals surface area contributed by atoms with Crippen molar-refractivity contribution in [2.45, 2.75) is 13.3 Å². The van der Waals surface area contributed by atoms with Gasteiger partial charge in [-0.25, -0.2) is 0 Å². The molecule has 3 nitrogen and oxygen atoms in total. The Balaban J connectivity index is 0. The fourth-order valence-electron chi connectivity index (χ4n) is 0.320. The predicted octanol–water partition coefficient (Wildman–Crippen LogP) is 0.861. The van der Waals surface area contributed by atoms with Gasteiger partial charge < -0.3 is 11.5 Å². The molecule has 0 saturated heterocycles. The van der Waals surface area contributed by atoms with E-state index in [9.17, 15) is 4.79 Å². The number of amides is 1. The quantitative estimate of drug-likeness (QED) is 0.556. The third-order valence-electron chi connectivity index (χ3n) is 0.735. The molecular weight excluding hydrogens is 116 g/mol. The first-order valence-electron chi connectivity index (χ1n) is 2.71. The van der Waals surface area contributed by atoms with E-state index in [0.717, 1.165) is 13.0 Å². The highest BCUT2D eigenvalue weighted by Gasteiger charge is 1.86. The number of rotatable bonds is 3. The standard InChI is InChI=1S/C6H11NO.H3N/c1-3-5-7-6(8)4-2;/h4H,2-3,5H2,1H3,(H,7,8);1H3. The number of nitrogens with one attached hydrogen (secondary N) is 1. The van der Waals surface area contributed by atoms with Gasteiger partial charge in [0.2, 0.25) is 5.91 Å². The van der Waals surface area contributed by atoms with Gasteiger partial charge in [-0.15, -0.1) is 0 Å². The molecule has 4 N–H and O–H groups in total. The summed E-state index contributed by atoms with van der Waals surface area (Å²) in [5.74, 6) is -0.0909. The summed E-state index contributed by atoms with van der Waals surface area (Å²) in [5, 5.41) is 2.62. The molecule has 0 fully saturated rings. The molecule has 0 aliphatic heterocycles. The Morgan fingerprint density at radius 2 is 2.33 bits per heavy atom. The molecular formula is C6H14N2O. The van der Waals surface area contributed by atoms with Crippen molar-refractivity contribution in [3.8, 4) is 0 Å². The fourth-order valence-corrected chi connectivity index (χ4v) is 0.320. The van der Waals surface area contributed by atoms with Crippen molar-refractivity contribution < 1.29 is 4.79 Å². The zero-order valence-electron chi connectivity index (χ0n) is 5.81. The van der Waals surface area contributed by atoms with Gasteiger partial charge in [-0.05, 0) is 12.5 Å². The highest BCUT2D eigenvalue weighted by atomic mass is 16.1. The van der Waals surface area contributed by atoms with Gasteiger partial charge in [0, 0.05) is 6.54 Å². The Hall–Kier alpha value is -0.830. The van der Waals surface area contributed by atoms with Crippen molar-refractivity contribution in [2.24, 2.45) is 0 Å². The van der Waals surface area contributed by atoms with Crippen molar-refractivity contribution in [3.63, 3.8) is 0 Å². The summed E-state index contributed by atoms with van der Waals surface area (Å²) in [4.78, 5) is 10.3. The minimum Gasteiger partial charge on any atom is -0.353 e. The van der Waals surface area contributed by atoms with Crippen molar-refractivity contribution in [1.82, 2.24) is 11.5 Å². The molecule has 0 aliphatic carbocycles.